The normalized spacial score (nSPS) is 11.2. The lowest BCUT2D eigenvalue weighted by Crippen LogP contribution is -2.45. The van der Waals surface area contributed by atoms with E-state index in [1.165, 1.54) is 35.2 Å². The van der Waals surface area contributed by atoms with Gasteiger partial charge in [0, 0.05) is 36.5 Å². The molecule has 0 unspecified atom stereocenters. The predicted molar refractivity (Wildman–Crippen MR) is 114 cm³/mol. The van der Waals surface area contributed by atoms with Crippen LogP contribution in [0.25, 0.3) is 0 Å². The highest BCUT2D eigenvalue weighted by molar-refractivity contribution is 6.04. The third-order valence-corrected chi connectivity index (χ3v) is 4.24. The van der Waals surface area contributed by atoms with E-state index in [9.17, 15) is 19.2 Å². The van der Waals surface area contributed by atoms with Gasteiger partial charge in [0.2, 0.25) is 5.91 Å². The van der Waals surface area contributed by atoms with Gasteiger partial charge < -0.3 is 26.4 Å². The van der Waals surface area contributed by atoms with Gasteiger partial charge in [-0.05, 0) is 36.4 Å². The van der Waals surface area contributed by atoms with Crippen LogP contribution in [0.2, 0.25) is 0 Å². The van der Waals surface area contributed by atoms with Crippen LogP contribution < -0.4 is 16.4 Å². The summed E-state index contributed by atoms with van der Waals surface area (Å²) in [6, 6.07) is 10.6. The smallest absolute Gasteiger partial charge is 0.305 e. The average Bonchev–Trinajstić information content (AvgIpc) is 2.72. The van der Waals surface area contributed by atoms with Crippen LogP contribution in [0.3, 0.4) is 0 Å². The predicted octanol–water partition coefficient (Wildman–Crippen LogP) is 0.884. The van der Waals surface area contributed by atoms with Crippen molar-refractivity contribution in [3.8, 4) is 0 Å². The number of amides is 3. The number of hydrogen-bond acceptors (Lipinski definition) is 5. The number of hydrogen-bond donors (Lipinski definition) is 5. The van der Waals surface area contributed by atoms with Gasteiger partial charge in [0.25, 0.3) is 11.8 Å². The number of rotatable bonds is 8. The second-order valence-corrected chi connectivity index (χ2v) is 6.88. The molecule has 0 saturated carbocycles. The number of carboxylic acids is 1. The number of carbonyl (C=O) groups excluding carboxylic acids is 3. The standard InChI is InChI=1S/C21H23N5O5/c1-26(2)21(31)13-8-6-12(7-9-13)19(29)25-16(11-17(27)28)20(30)24-15-5-3-4-14(10-15)18(22)23/h3-10,16H,11H2,1-2H3,(H3,22,23)(H,24,30)(H,25,29)(H,27,28)/t16-/m1/s1. The van der Waals surface area contributed by atoms with Gasteiger partial charge >= 0.3 is 5.97 Å². The summed E-state index contributed by atoms with van der Waals surface area (Å²) >= 11 is 0. The number of anilines is 1. The van der Waals surface area contributed by atoms with Gasteiger partial charge in [-0.15, -0.1) is 0 Å². The number of amidine groups is 1. The Morgan fingerprint density at radius 3 is 2.19 bits per heavy atom. The van der Waals surface area contributed by atoms with Gasteiger partial charge in [-0.3, -0.25) is 24.6 Å². The number of nitrogens with zero attached hydrogens (tertiary/aromatic N) is 1. The van der Waals surface area contributed by atoms with Gasteiger partial charge in [-0.1, -0.05) is 12.1 Å². The van der Waals surface area contributed by atoms with Crippen LogP contribution in [0, 0.1) is 5.41 Å². The summed E-state index contributed by atoms with van der Waals surface area (Å²) in [5.41, 5.74) is 6.65. The number of carboxylic acid groups (broad SMARTS) is 1. The fourth-order valence-electron chi connectivity index (χ4n) is 2.64. The lowest BCUT2D eigenvalue weighted by atomic mass is 10.1. The summed E-state index contributed by atoms with van der Waals surface area (Å²) in [5.74, 6) is -3.10. The zero-order chi connectivity index (χ0) is 23.1. The minimum atomic E-state index is -1.35. The zero-order valence-corrected chi connectivity index (χ0v) is 17.0. The van der Waals surface area contributed by atoms with E-state index in [2.05, 4.69) is 10.6 Å². The Morgan fingerprint density at radius 2 is 1.65 bits per heavy atom. The molecule has 162 valence electrons. The number of aliphatic carboxylic acids is 1. The van der Waals surface area contributed by atoms with E-state index in [-0.39, 0.29) is 17.3 Å². The van der Waals surface area contributed by atoms with Crippen molar-refractivity contribution >= 4 is 35.2 Å². The van der Waals surface area contributed by atoms with Crippen molar-refractivity contribution in [2.45, 2.75) is 12.5 Å². The molecule has 0 radical (unpaired) electrons. The maximum absolute atomic E-state index is 12.6. The molecule has 0 saturated heterocycles. The Balaban J connectivity index is 2.15. The van der Waals surface area contributed by atoms with Crippen molar-refractivity contribution in [1.82, 2.24) is 10.2 Å². The van der Waals surface area contributed by atoms with E-state index in [0.717, 1.165) is 0 Å². The van der Waals surface area contributed by atoms with Gasteiger partial charge in [0.15, 0.2) is 0 Å². The molecule has 0 aromatic heterocycles. The van der Waals surface area contributed by atoms with Crippen molar-refractivity contribution in [2.24, 2.45) is 5.73 Å². The largest absolute Gasteiger partial charge is 0.481 e. The Labute approximate surface area is 178 Å². The van der Waals surface area contributed by atoms with Crippen LogP contribution in [0.15, 0.2) is 48.5 Å². The monoisotopic (exact) mass is 425 g/mol. The molecule has 1 atom stereocenters. The first-order chi connectivity index (χ1) is 14.6. The maximum atomic E-state index is 12.6. The van der Waals surface area contributed by atoms with Crippen LogP contribution in [-0.4, -0.2) is 59.7 Å². The van der Waals surface area contributed by atoms with Crippen LogP contribution >= 0.6 is 0 Å². The highest BCUT2D eigenvalue weighted by atomic mass is 16.4. The van der Waals surface area contributed by atoms with Gasteiger partial charge in [0.05, 0.1) is 6.42 Å². The summed E-state index contributed by atoms with van der Waals surface area (Å²) in [6.07, 6.45) is -0.638. The van der Waals surface area contributed by atoms with Crippen LogP contribution in [0.1, 0.15) is 32.7 Å². The molecule has 2 aromatic rings. The van der Waals surface area contributed by atoms with Gasteiger partial charge in [-0.2, -0.15) is 0 Å². The lowest BCUT2D eigenvalue weighted by Gasteiger charge is -2.17. The summed E-state index contributed by atoms with van der Waals surface area (Å²) in [6.45, 7) is 0. The van der Waals surface area contributed by atoms with Crippen molar-refractivity contribution < 1.29 is 24.3 Å². The Hall–Kier alpha value is -4.21. The van der Waals surface area contributed by atoms with Gasteiger partial charge in [0.1, 0.15) is 11.9 Å². The minimum Gasteiger partial charge on any atom is -0.481 e. The molecule has 0 heterocycles. The zero-order valence-electron chi connectivity index (χ0n) is 17.0. The number of benzene rings is 2. The second-order valence-electron chi connectivity index (χ2n) is 6.88. The average molecular weight is 425 g/mol. The third-order valence-electron chi connectivity index (χ3n) is 4.24. The van der Waals surface area contributed by atoms with Crippen molar-refractivity contribution in [1.29, 1.82) is 5.41 Å². The third kappa shape index (κ3) is 6.39. The fourth-order valence-corrected chi connectivity index (χ4v) is 2.64. The minimum absolute atomic E-state index is 0.164. The lowest BCUT2D eigenvalue weighted by molar-refractivity contribution is -0.139. The summed E-state index contributed by atoms with van der Waals surface area (Å²) in [5, 5.41) is 21.5. The molecule has 2 rings (SSSR count). The first-order valence-electron chi connectivity index (χ1n) is 9.18. The number of nitrogen functional groups attached to an aromatic ring is 1. The Kier molecular flexibility index (Phi) is 7.45. The van der Waals surface area contributed by atoms with E-state index >= 15 is 0 Å². The molecular weight excluding hydrogens is 402 g/mol. The highest BCUT2D eigenvalue weighted by Gasteiger charge is 2.24. The highest BCUT2D eigenvalue weighted by Crippen LogP contribution is 2.12. The van der Waals surface area contributed by atoms with E-state index in [1.54, 1.807) is 32.3 Å². The molecule has 3 amide bonds. The van der Waals surface area contributed by atoms with Crippen molar-refractivity contribution in [3.05, 3.63) is 65.2 Å². The molecular formula is C21H23N5O5. The topological polar surface area (TPSA) is 166 Å². The van der Waals surface area contributed by atoms with Crippen LogP contribution in [0.5, 0.6) is 0 Å². The van der Waals surface area contributed by atoms with Crippen LogP contribution in [-0.2, 0) is 9.59 Å². The number of nitrogens with two attached hydrogens (primary N) is 1. The number of nitrogens with one attached hydrogen (secondary N) is 3. The molecule has 31 heavy (non-hydrogen) atoms. The van der Waals surface area contributed by atoms with E-state index in [4.69, 9.17) is 16.2 Å². The summed E-state index contributed by atoms with van der Waals surface area (Å²) < 4.78 is 0. The quantitative estimate of drug-likeness (QED) is 0.311. The molecule has 0 aliphatic carbocycles. The SMILES string of the molecule is CN(C)C(=O)c1ccc(C(=O)N[C@H](CC(=O)O)C(=O)Nc2cccc(C(=N)N)c2)cc1. The first-order valence-corrected chi connectivity index (χ1v) is 9.18. The molecule has 0 fully saturated rings. The van der Waals surface area contributed by atoms with E-state index in [1.807, 2.05) is 0 Å². The van der Waals surface area contributed by atoms with E-state index in [0.29, 0.717) is 16.8 Å². The maximum Gasteiger partial charge on any atom is 0.305 e. The van der Waals surface area contributed by atoms with Gasteiger partial charge in [-0.25, -0.2) is 0 Å². The molecule has 10 nitrogen and oxygen atoms in total. The molecule has 2 aromatic carbocycles. The first kappa shape index (κ1) is 23.1. The Morgan fingerprint density at radius 1 is 1.03 bits per heavy atom. The van der Waals surface area contributed by atoms with Crippen molar-refractivity contribution in [2.75, 3.05) is 19.4 Å². The number of carbonyl (C=O) groups is 4. The molecule has 0 aliphatic rings. The van der Waals surface area contributed by atoms with Crippen molar-refractivity contribution in [3.63, 3.8) is 0 Å². The summed E-state index contributed by atoms with van der Waals surface area (Å²) in [4.78, 5) is 49.6. The fraction of sp³-hybridized carbons (Fsp3) is 0.190. The molecule has 0 aliphatic heterocycles. The second kappa shape index (κ2) is 10.0. The molecule has 6 N–H and O–H groups in total. The molecule has 0 spiro atoms. The molecule has 10 heteroatoms. The Bertz CT molecular complexity index is 1020. The molecule has 0 bridgehead atoms. The van der Waals surface area contributed by atoms with Crippen LogP contribution in [0.4, 0.5) is 5.69 Å². The van der Waals surface area contributed by atoms with E-state index < -0.39 is 30.2 Å². The summed E-state index contributed by atoms with van der Waals surface area (Å²) in [7, 11) is 3.20.